The molecule has 0 atom stereocenters. The largest absolute Gasteiger partial charge is 0.0654 e. The second-order valence-electron chi connectivity index (χ2n) is 9.46. The zero-order chi connectivity index (χ0) is 22.0. The number of benzene rings is 4. The highest BCUT2D eigenvalue weighted by molar-refractivity contribution is 5.86. The average molecular weight is 423 g/mol. The molecule has 0 unspecified atom stereocenters. The molecule has 0 heterocycles. The lowest BCUT2D eigenvalue weighted by Gasteiger charge is -2.20. The smallest absolute Gasteiger partial charge is 0.0152 e. The van der Waals surface area contributed by atoms with Crippen LogP contribution in [-0.4, -0.2) is 0 Å². The van der Waals surface area contributed by atoms with E-state index in [9.17, 15) is 0 Å². The molecule has 0 radical (unpaired) electrons. The SMILES string of the molecule is CCCCCCCCCC(Cc1cccc2ccccc12)Cc1cccc2ccccc12. The molecule has 166 valence electrons. The quantitative estimate of drug-likeness (QED) is 0.199. The first-order valence-electron chi connectivity index (χ1n) is 12.8. The monoisotopic (exact) mass is 422 g/mol. The van der Waals surface area contributed by atoms with Crippen molar-refractivity contribution in [1.29, 1.82) is 0 Å². The average Bonchev–Trinajstić information content (AvgIpc) is 2.84. The number of rotatable bonds is 12. The summed E-state index contributed by atoms with van der Waals surface area (Å²) >= 11 is 0. The highest BCUT2D eigenvalue weighted by Crippen LogP contribution is 2.28. The molecule has 0 N–H and O–H groups in total. The van der Waals surface area contributed by atoms with Gasteiger partial charge in [0.25, 0.3) is 0 Å². The Balaban J connectivity index is 1.50. The van der Waals surface area contributed by atoms with Crippen molar-refractivity contribution in [3.05, 3.63) is 96.1 Å². The molecule has 32 heavy (non-hydrogen) atoms. The standard InChI is InChI=1S/C32H38/c1-2-3-4-5-6-7-8-15-26(24-29-20-13-18-27-16-9-11-22-31(27)29)25-30-21-14-19-28-17-10-12-23-32(28)30/h9-14,16-23,26H,2-8,15,24-25H2,1H3. The first-order chi connectivity index (χ1) is 15.8. The van der Waals surface area contributed by atoms with E-state index in [1.165, 1.54) is 96.9 Å². The van der Waals surface area contributed by atoms with Crippen LogP contribution < -0.4 is 0 Å². The minimum Gasteiger partial charge on any atom is -0.0654 e. The van der Waals surface area contributed by atoms with E-state index in [4.69, 9.17) is 0 Å². The Hall–Kier alpha value is -2.60. The molecule has 0 fully saturated rings. The van der Waals surface area contributed by atoms with E-state index in [1.54, 1.807) is 0 Å². The van der Waals surface area contributed by atoms with Crippen molar-refractivity contribution < 1.29 is 0 Å². The molecular weight excluding hydrogens is 384 g/mol. The lowest BCUT2D eigenvalue weighted by Crippen LogP contribution is -2.09. The summed E-state index contributed by atoms with van der Waals surface area (Å²) in [5, 5.41) is 5.59. The van der Waals surface area contributed by atoms with Gasteiger partial charge in [0.05, 0.1) is 0 Å². The third-order valence-corrected chi connectivity index (χ3v) is 6.99. The van der Waals surface area contributed by atoms with Gasteiger partial charge in [0.2, 0.25) is 0 Å². The van der Waals surface area contributed by atoms with Crippen molar-refractivity contribution in [2.45, 2.75) is 71.1 Å². The van der Waals surface area contributed by atoms with Gasteiger partial charge >= 0.3 is 0 Å². The Labute approximate surface area is 194 Å². The molecule has 0 bridgehead atoms. The zero-order valence-corrected chi connectivity index (χ0v) is 19.7. The molecule has 0 heteroatoms. The van der Waals surface area contributed by atoms with Gasteiger partial charge in [-0.1, -0.05) is 137 Å². The lowest BCUT2D eigenvalue weighted by molar-refractivity contribution is 0.447. The van der Waals surface area contributed by atoms with Crippen LogP contribution in [0.3, 0.4) is 0 Å². The van der Waals surface area contributed by atoms with E-state index in [0.717, 1.165) is 0 Å². The van der Waals surface area contributed by atoms with E-state index in [1.807, 2.05) is 0 Å². The molecule has 0 spiro atoms. The number of hydrogen-bond acceptors (Lipinski definition) is 0. The zero-order valence-electron chi connectivity index (χ0n) is 19.7. The summed E-state index contributed by atoms with van der Waals surface area (Å²) in [6.07, 6.45) is 13.3. The van der Waals surface area contributed by atoms with Crippen LogP contribution in [0.1, 0.15) is 69.4 Å². The molecule has 0 nitrogen and oxygen atoms in total. The summed E-state index contributed by atoms with van der Waals surface area (Å²) in [6, 6.07) is 31.4. The van der Waals surface area contributed by atoms with E-state index in [2.05, 4.69) is 91.9 Å². The third-order valence-electron chi connectivity index (χ3n) is 6.99. The highest BCUT2D eigenvalue weighted by Gasteiger charge is 2.14. The summed E-state index contributed by atoms with van der Waals surface area (Å²) in [7, 11) is 0. The van der Waals surface area contributed by atoms with Crippen molar-refractivity contribution in [1.82, 2.24) is 0 Å². The van der Waals surface area contributed by atoms with Crippen LogP contribution in [0.5, 0.6) is 0 Å². The number of fused-ring (bicyclic) bond motifs is 2. The molecule has 4 rings (SSSR count). The van der Waals surface area contributed by atoms with Gasteiger partial charge in [0.15, 0.2) is 0 Å². The number of unbranched alkanes of at least 4 members (excludes halogenated alkanes) is 6. The van der Waals surface area contributed by atoms with Crippen molar-refractivity contribution >= 4 is 21.5 Å². The first-order valence-corrected chi connectivity index (χ1v) is 12.8. The molecular formula is C32H38. The minimum atomic E-state index is 0.683. The van der Waals surface area contributed by atoms with Crippen LogP contribution in [-0.2, 0) is 12.8 Å². The van der Waals surface area contributed by atoms with Crippen molar-refractivity contribution in [3.8, 4) is 0 Å². The Kier molecular flexibility index (Phi) is 8.37. The molecule has 4 aromatic carbocycles. The van der Waals surface area contributed by atoms with E-state index in [-0.39, 0.29) is 0 Å². The molecule has 0 aromatic heterocycles. The fourth-order valence-corrected chi connectivity index (χ4v) is 5.23. The Morgan fingerprint density at radius 3 is 1.53 bits per heavy atom. The van der Waals surface area contributed by atoms with E-state index in [0.29, 0.717) is 5.92 Å². The van der Waals surface area contributed by atoms with Gasteiger partial charge in [0.1, 0.15) is 0 Å². The van der Waals surface area contributed by atoms with Crippen LogP contribution in [0.25, 0.3) is 21.5 Å². The summed E-state index contributed by atoms with van der Waals surface area (Å²) in [6.45, 7) is 2.30. The maximum Gasteiger partial charge on any atom is -0.0152 e. The minimum absolute atomic E-state index is 0.683. The molecule has 0 saturated carbocycles. The molecule has 4 aromatic rings. The van der Waals surface area contributed by atoms with Crippen molar-refractivity contribution in [3.63, 3.8) is 0 Å². The van der Waals surface area contributed by atoms with Gasteiger partial charge in [0, 0.05) is 0 Å². The van der Waals surface area contributed by atoms with Crippen molar-refractivity contribution in [2.75, 3.05) is 0 Å². The second-order valence-corrected chi connectivity index (χ2v) is 9.46. The molecule has 0 saturated heterocycles. The summed E-state index contributed by atoms with van der Waals surface area (Å²) in [4.78, 5) is 0. The molecule has 0 aliphatic rings. The second kappa shape index (κ2) is 11.9. The number of hydrogen-bond donors (Lipinski definition) is 0. The molecule has 0 aliphatic heterocycles. The summed E-state index contributed by atoms with van der Waals surface area (Å²) in [5.41, 5.74) is 3.02. The fraction of sp³-hybridized carbons (Fsp3) is 0.375. The topological polar surface area (TPSA) is 0 Å². The van der Waals surface area contributed by atoms with Crippen LogP contribution in [0.4, 0.5) is 0 Å². The predicted octanol–water partition coefficient (Wildman–Crippen LogP) is 9.54. The van der Waals surface area contributed by atoms with Gasteiger partial charge in [-0.15, -0.1) is 0 Å². The van der Waals surface area contributed by atoms with E-state index >= 15 is 0 Å². The lowest BCUT2D eigenvalue weighted by atomic mass is 9.85. The third kappa shape index (κ3) is 6.00. The maximum atomic E-state index is 2.35. The first kappa shape index (κ1) is 22.6. The van der Waals surface area contributed by atoms with Crippen LogP contribution in [0, 0.1) is 5.92 Å². The van der Waals surface area contributed by atoms with Gasteiger partial charge in [-0.05, 0) is 57.9 Å². The van der Waals surface area contributed by atoms with Gasteiger partial charge in [-0.25, -0.2) is 0 Å². The van der Waals surface area contributed by atoms with Crippen LogP contribution in [0.2, 0.25) is 0 Å². The summed E-state index contributed by atoms with van der Waals surface area (Å²) in [5.74, 6) is 0.683. The van der Waals surface area contributed by atoms with Crippen molar-refractivity contribution in [2.24, 2.45) is 5.92 Å². The van der Waals surface area contributed by atoms with Crippen LogP contribution in [0.15, 0.2) is 84.9 Å². The Bertz CT molecular complexity index is 1020. The normalized spacial score (nSPS) is 11.6. The van der Waals surface area contributed by atoms with Crippen LogP contribution >= 0.6 is 0 Å². The Morgan fingerprint density at radius 2 is 0.969 bits per heavy atom. The maximum absolute atomic E-state index is 2.35. The summed E-state index contributed by atoms with van der Waals surface area (Å²) < 4.78 is 0. The Morgan fingerprint density at radius 1 is 0.500 bits per heavy atom. The predicted molar refractivity (Wildman–Crippen MR) is 141 cm³/mol. The molecule has 0 aliphatic carbocycles. The van der Waals surface area contributed by atoms with E-state index < -0.39 is 0 Å². The van der Waals surface area contributed by atoms with Gasteiger partial charge in [-0.2, -0.15) is 0 Å². The molecule has 0 amide bonds. The fourth-order valence-electron chi connectivity index (χ4n) is 5.23. The highest BCUT2D eigenvalue weighted by atomic mass is 14.2. The van der Waals surface area contributed by atoms with Gasteiger partial charge < -0.3 is 0 Å². The van der Waals surface area contributed by atoms with Gasteiger partial charge in [-0.3, -0.25) is 0 Å².